The number of aryl methyl sites for hydroxylation is 1. The van der Waals surface area contributed by atoms with E-state index in [0.717, 1.165) is 15.7 Å². The third-order valence-electron chi connectivity index (χ3n) is 1.56. The van der Waals surface area contributed by atoms with E-state index < -0.39 is 0 Å². The topological polar surface area (TPSA) is 56.7 Å². The van der Waals surface area contributed by atoms with E-state index in [1.165, 1.54) is 11.3 Å². The van der Waals surface area contributed by atoms with Crippen LogP contribution in [0.1, 0.15) is 0 Å². The molecule has 0 saturated carbocycles. The number of anilines is 1. The molecular formula is C7H8N4S. The maximum absolute atomic E-state index is 5.60. The van der Waals surface area contributed by atoms with Crippen LogP contribution in [-0.2, 0) is 7.05 Å². The fourth-order valence-electron chi connectivity index (χ4n) is 0.979. The lowest BCUT2D eigenvalue weighted by Gasteiger charge is -1.93. The quantitative estimate of drug-likeness (QED) is 0.715. The zero-order valence-electron chi connectivity index (χ0n) is 6.56. The van der Waals surface area contributed by atoms with Crippen LogP contribution in [0.4, 0.5) is 5.00 Å². The van der Waals surface area contributed by atoms with Crippen molar-refractivity contribution in [3.05, 3.63) is 18.5 Å². The lowest BCUT2D eigenvalue weighted by molar-refractivity contribution is 0.922. The zero-order chi connectivity index (χ0) is 8.55. The summed E-state index contributed by atoms with van der Waals surface area (Å²) in [5, 5.41) is 8.55. The van der Waals surface area contributed by atoms with Crippen molar-refractivity contribution in [3.63, 3.8) is 0 Å². The zero-order valence-corrected chi connectivity index (χ0v) is 7.38. The summed E-state index contributed by atoms with van der Waals surface area (Å²) in [5.74, 6) is 0.858. The molecule has 0 saturated heterocycles. The van der Waals surface area contributed by atoms with Crippen molar-refractivity contribution in [1.82, 2.24) is 14.8 Å². The Morgan fingerprint density at radius 1 is 1.50 bits per heavy atom. The molecule has 62 valence electrons. The van der Waals surface area contributed by atoms with Crippen molar-refractivity contribution in [2.75, 3.05) is 5.73 Å². The minimum Gasteiger partial charge on any atom is -0.391 e. The Morgan fingerprint density at radius 2 is 2.33 bits per heavy atom. The molecule has 2 rings (SSSR count). The normalized spacial score (nSPS) is 10.4. The van der Waals surface area contributed by atoms with Crippen molar-refractivity contribution >= 4 is 16.3 Å². The van der Waals surface area contributed by atoms with Gasteiger partial charge in [-0.1, -0.05) is 0 Å². The number of nitrogens with zero attached hydrogens (tertiary/aromatic N) is 3. The van der Waals surface area contributed by atoms with Gasteiger partial charge in [-0.25, -0.2) is 0 Å². The maximum Gasteiger partial charge on any atom is 0.173 e. The van der Waals surface area contributed by atoms with Gasteiger partial charge in [-0.05, 0) is 12.1 Å². The molecule has 0 radical (unpaired) electrons. The van der Waals surface area contributed by atoms with Crippen LogP contribution in [0.5, 0.6) is 0 Å². The van der Waals surface area contributed by atoms with Gasteiger partial charge in [-0.15, -0.1) is 21.5 Å². The predicted octanol–water partition coefficient (Wildman–Crippen LogP) is 1.13. The molecule has 0 amide bonds. The van der Waals surface area contributed by atoms with Gasteiger partial charge in [0.1, 0.15) is 6.33 Å². The van der Waals surface area contributed by atoms with Gasteiger partial charge in [0.15, 0.2) is 5.82 Å². The first kappa shape index (κ1) is 7.30. The van der Waals surface area contributed by atoms with Gasteiger partial charge in [0.25, 0.3) is 0 Å². The average Bonchev–Trinajstić information content (AvgIpc) is 2.58. The fourth-order valence-corrected chi connectivity index (χ4v) is 1.78. The van der Waals surface area contributed by atoms with Gasteiger partial charge in [-0.3, -0.25) is 0 Å². The molecule has 0 spiro atoms. The van der Waals surface area contributed by atoms with Crippen LogP contribution in [0.15, 0.2) is 18.5 Å². The van der Waals surface area contributed by atoms with E-state index in [-0.39, 0.29) is 0 Å². The molecule has 2 N–H and O–H groups in total. The first-order valence-electron chi connectivity index (χ1n) is 3.47. The Balaban J connectivity index is 2.50. The first-order valence-corrected chi connectivity index (χ1v) is 4.28. The lowest BCUT2D eigenvalue weighted by atomic mass is 10.4. The van der Waals surface area contributed by atoms with Crippen LogP contribution in [0.2, 0.25) is 0 Å². The molecule has 0 aliphatic rings. The Hall–Kier alpha value is -1.36. The van der Waals surface area contributed by atoms with Crippen molar-refractivity contribution in [3.8, 4) is 10.7 Å². The van der Waals surface area contributed by atoms with E-state index in [2.05, 4.69) is 10.2 Å². The molecule has 4 nitrogen and oxygen atoms in total. The van der Waals surface area contributed by atoms with Gasteiger partial charge in [0, 0.05) is 7.05 Å². The molecule has 0 unspecified atom stereocenters. The molecule has 0 aromatic carbocycles. The van der Waals surface area contributed by atoms with E-state index >= 15 is 0 Å². The number of thiophene rings is 1. The van der Waals surface area contributed by atoms with Crippen LogP contribution < -0.4 is 5.73 Å². The monoisotopic (exact) mass is 180 g/mol. The van der Waals surface area contributed by atoms with Crippen LogP contribution in [0.25, 0.3) is 10.7 Å². The highest BCUT2D eigenvalue weighted by Crippen LogP contribution is 2.26. The number of nitrogen functional groups attached to an aromatic ring is 1. The second-order valence-electron chi connectivity index (χ2n) is 2.47. The number of hydrogen-bond acceptors (Lipinski definition) is 4. The van der Waals surface area contributed by atoms with Gasteiger partial charge >= 0.3 is 0 Å². The molecule has 5 heteroatoms. The number of hydrogen-bond donors (Lipinski definition) is 1. The second-order valence-corrected chi connectivity index (χ2v) is 3.58. The van der Waals surface area contributed by atoms with Gasteiger partial charge in [0.2, 0.25) is 0 Å². The summed E-state index contributed by atoms with van der Waals surface area (Å²) < 4.78 is 1.87. The third kappa shape index (κ3) is 1.08. The molecule has 2 heterocycles. The minimum absolute atomic E-state index is 0.799. The summed E-state index contributed by atoms with van der Waals surface area (Å²) in [5.41, 5.74) is 5.60. The molecule has 2 aromatic heterocycles. The smallest absolute Gasteiger partial charge is 0.173 e. The van der Waals surface area contributed by atoms with Crippen LogP contribution in [0, 0.1) is 0 Å². The largest absolute Gasteiger partial charge is 0.391 e. The number of aromatic nitrogens is 3. The highest BCUT2D eigenvalue weighted by molar-refractivity contribution is 7.19. The molecule has 0 bridgehead atoms. The summed E-state index contributed by atoms with van der Waals surface area (Å²) >= 11 is 1.51. The lowest BCUT2D eigenvalue weighted by Crippen LogP contribution is -1.87. The highest BCUT2D eigenvalue weighted by atomic mass is 32.1. The SMILES string of the molecule is Cn1cnnc1-c1ccc(N)s1. The Morgan fingerprint density at radius 3 is 2.83 bits per heavy atom. The van der Waals surface area contributed by atoms with Crippen LogP contribution in [-0.4, -0.2) is 14.8 Å². The summed E-state index contributed by atoms with van der Waals surface area (Å²) in [4.78, 5) is 1.05. The molecular weight excluding hydrogens is 172 g/mol. The Kier molecular flexibility index (Phi) is 1.58. The second kappa shape index (κ2) is 2.60. The third-order valence-corrected chi connectivity index (χ3v) is 2.47. The van der Waals surface area contributed by atoms with Gasteiger partial charge in [0.05, 0.1) is 9.88 Å². The van der Waals surface area contributed by atoms with Gasteiger partial charge in [-0.2, -0.15) is 0 Å². The van der Waals surface area contributed by atoms with Crippen molar-refractivity contribution in [2.45, 2.75) is 0 Å². The molecule has 0 aliphatic carbocycles. The van der Waals surface area contributed by atoms with Crippen molar-refractivity contribution in [2.24, 2.45) is 7.05 Å². The predicted molar refractivity (Wildman–Crippen MR) is 48.7 cm³/mol. The van der Waals surface area contributed by atoms with Crippen molar-refractivity contribution < 1.29 is 0 Å². The molecule has 2 aromatic rings. The van der Waals surface area contributed by atoms with E-state index in [4.69, 9.17) is 5.73 Å². The first-order chi connectivity index (χ1) is 5.77. The van der Waals surface area contributed by atoms with Crippen molar-refractivity contribution in [1.29, 1.82) is 0 Å². The summed E-state index contributed by atoms with van der Waals surface area (Å²) in [6.45, 7) is 0. The van der Waals surface area contributed by atoms with Crippen LogP contribution >= 0.6 is 11.3 Å². The standard InChI is InChI=1S/C7H8N4S/c1-11-4-9-10-7(11)5-2-3-6(8)12-5/h2-4H,8H2,1H3. The van der Waals surface area contributed by atoms with Gasteiger partial charge < -0.3 is 10.3 Å². The molecule has 12 heavy (non-hydrogen) atoms. The Labute approximate surface area is 73.7 Å². The number of rotatable bonds is 1. The van der Waals surface area contributed by atoms with E-state index in [1.54, 1.807) is 6.33 Å². The van der Waals surface area contributed by atoms with Crippen LogP contribution in [0.3, 0.4) is 0 Å². The summed E-state index contributed by atoms with van der Waals surface area (Å²) in [6.07, 6.45) is 1.67. The van der Waals surface area contributed by atoms with E-state index in [9.17, 15) is 0 Å². The maximum atomic E-state index is 5.60. The number of nitrogens with two attached hydrogens (primary N) is 1. The molecule has 0 atom stereocenters. The summed E-state index contributed by atoms with van der Waals surface area (Å²) in [7, 11) is 1.91. The molecule has 0 fully saturated rings. The fraction of sp³-hybridized carbons (Fsp3) is 0.143. The molecule has 0 aliphatic heterocycles. The van der Waals surface area contributed by atoms with E-state index in [1.807, 2.05) is 23.7 Å². The Bertz CT molecular complexity index is 390. The van der Waals surface area contributed by atoms with E-state index in [0.29, 0.717) is 0 Å². The average molecular weight is 180 g/mol. The highest BCUT2D eigenvalue weighted by Gasteiger charge is 2.05. The summed E-state index contributed by atoms with van der Waals surface area (Å²) in [6, 6.07) is 3.82. The minimum atomic E-state index is 0.799.